The Hall–Kier alpha value is -3.27. The number of aromatic nitrogens is 3. The summed E-state index contributed by atoms with van der Waals surface area (Å²) in [6.07, 6.45) is 3.05. The third-order valence-electron chi connectivity index (χ3n) is 7.86. The van der Waals surface area contributed by atoms with Crippen molar-refractivity contribution in [3.63, 3.8) is 0 Å². The first kappa shape index (κ1) is 24.1. The van der Waals surface area contributed by atoms with E-state index >= 15 is 0 Å². The van der Waals surface area contributed by atoms with Gasteiger partial charge in [0.25, 0.3) is 0 Å². The lowest BCUT2D eigenvalue weighted by atomic mass is 9.93. The summed E-state index contributed by atoms with van der Waals surface area (Å²) in [5.41, 5.74) is 3.11. The van der Waals surface area contributed by atoms with Crippen molar-refractivity contribution >= 4 is 11.9 Å². The van der Waals surface area contributed by atoms with E-state index in [1.807, 2.05) is 18.2 Å². The number of fused-ring (bicyclic) bond motifs is 1. The SMILES string of the molecule is OC[C@H]1c2ccccc2CCN1c1nc(-c2cccc(O)c2)nc(N2CCN(C3CCOCC3)CC2)n1. The maximum absolute atomic E-state index is 10.4. The number of rotatable bonds is 5. The van der Waals surface area contributed by atoms with Crippen LogP contribution in [-0.4, -0.2) is 88.7 Å². The molecule has 194 valence electrons. The van der Waals surface area contributed by atoms with Crippen molar-refractivity contribution in [1.29, 1.82) is 0 Å². The molecule has 0 unspecified atom stereocenters. The number of aliphatic hydroxyl groups excluding tert-OH is 1. The highest BCUT2D eigenvalue weighted by atomic mass is 16.5. The third-order valence-corrected chi connectivity index (χ3v) is 7.86. The highest BCUT2D eigenvalue weighted by Crippen LogP contribution is 2.34. The molecule has 9 heteroatoms. The van der Waals surface area contributed by atoms with Crippen molar-refractivity contribution in [2.75, 3.05) is 62.3 Å². The fourth-order valence-corrected chi connectivity index (χ4v) is 5.82. The molecule has 3 aliphatic heterocycles. The topological polar surface area (TPSA) is 98.1 Å². The summed E-state index contributed by atoms with van der Waals surface area (Å²) in [7, 11) is 0. The van der Waals surface area contributed by atoms with E-state index in [1.54, 1.807) is 18.2 Å². The highest BCUT2D eigenvalue weighted by Gasteiger charge is 2.31. The second-order valence-electron chi connectivity index (χ2n) is 10.0. The number of phenols is 1. The molecule has 0 radical (unpaired) electrons. The maximum atomic E-state index is 10.4. The van der Waals surface area contributed by atoms with Gasteiger partial charge in [-0.3, -0.25) is 4.90 Å². The fourth-order valence-electron chi connectivity index (χ4n) is 5.82. The van der Waals surface area contributed by atoms with Crippen LogP contribution in [0.5, 0.6) is 5.75 Å². The number of aliphatic hydroxyl groups is 1. The van der Waals surface area contributed by atoms with Gasteiger partial charge in [-0.1, -0.05) is 36.4 Å². The van der Waals surface area contributed by atoms with Crippen LogP contribution in [0.4, 0.5) is 11.9 Å². The Morgan fingerprint density at radius 3 is 2.43 bits per heavy atom. The zero-order valence-electron chi connectivity index (χ0n) is 21.0. The van der Waals surface area contributed by atoms with Gasteiger partial charge < -0.3 is 24.7 Å². The molecule has 1 aromatic heterocycles. The quantitative estimate of drug-likeness (QED) is 0.546. The van der Waals surface area contributed by atoms with E-state index in [4.69, 9.17) is 19.7 Å². The molecule has 2 saturated heterocycles. The summed E-state index contributed by atoms with van der Waals surface area (Å²) in [4.78, 5) is 21.6. The van der Waals surface area contributed by atoms with Crippen LogP contribution in [0.1, 0.15) is 30.0 Å². The minimum absolute atomic E-state index is 0.0245. The van der Waals surface area contributed by atoms with Crippen molar-refractivity contribution in [3.8, 4) is 17.1 Å². The van der Waals surface area contributed by atoms with E-state index in [9.17, 15) is 10.2 Å². The average molecular weight is 503 g/mol. The number of piperazine rings is 1. The number of nitrogens with zero attached hydrogens (tertiary/aromatic N) is 6. The minimum Gasteiger partial charge on any atom is -0.508 e. The Balaban J connectivity index is 1.32. The van der Waals surface area contributed by atoms with Gasteiger partial charge >= 0.3 is 0 Å². The summed E-state index contributed by atoms with van der Waals surface area (Å²) in [6, 6.07) is 15.7. The maximum Gasteiger partial charge on any atom is 0.231 e. The van der Waals surface area contributed by atoms with Crippen LogP contribution in [0.25, 0.3) is 11.4 Å². The van der Waals surface area contributed by atoms with Gasteiger partial charge in [0.15, 0.2) is 5.82 Å². The van der Waals surface area contributed by atoms with Crippen LogP contribution in [0.2, 0.25) is 0 Å². The lowest BCUT2D eigenvalue weighted by molar-refractivity contribution is 0.0320. The Labute approximate surface area is 217 Å². The second-order valence-corrected chi connectivity index (χ2v) is 10.0. The van der Waals surface area contributed by atoms with E-state index in [-0.39, 0.29) is 18.4 Å². The molecule has 3 aromatic rings. The predicted molar refractivity (Wildman–Crippen MR) is 142 cm³/mol. The number of hydrogen-bond acceptors (Lipinski definition) is 9. The molecule has 3 aliphatic rings. The van der Waals surface area contributed by atoms with Gasteiger partial charge in [-0.15, -0.1) is 0 Å². The largest absolute Gasteiger partial charge is 0.508 e. The number of benzene rings is 2. The van der Waals surface area contributed by atoms with E-state index in [1.165, 1.54) is 5.56 Å². The first-order valence-electron chi connectivity index (χ1n) is 13.3. The average Bonchev–Trinajstić information content (AvgIpc) is 2.97. The molecule has 1 atom stereocenters. The molecular weight excluding hydrogens is 468 g/mol. The minimum atomic E-state index is -0.220. The second kappa shape index (κ2) is 10.6. The Kier molecular flexibility index (Phi) is 6.91. The molecule has 0 saturated carbocycles. The Morgan fingerprint density at radius 2 is 1.65 bits per heavy atom. The summed E-state index contributed by atoms with van der Waals surface area (Å²) in [6.45, 7) is 5.98. The van der Waals surface area contributed by atoms with E-state index < -0.39 is 0 Å². The molecule has 0 spiro atoms. The predicted octanol–water partition coefficient (Wildman–Crippen LogP) is 2.64. The normalized spacial score (nSPS) is 21.2. The van der Waals surface area contributed by atoms with Crippen molar-refractivity contribution in [1.82, 2.24) is 19.9 Å². The zero-order valence-corrected chi connectivity index (χ0v) is 21.0. The molecule has 6 rings (SSSR count). The Morgan fingerprint density at radius 1 is 0.865 bits per heavy atom. The van der Waals surface area contributed by atoms with Crippen LogP contribution in [-0.2, 0) is 11.2 Å². The summed E-state index contributed by atoms with van der Waals surface area (Å²) >= 11 is 0. The standard InChI is InChI=1S/C28H34N6O3/c35-19-25-24-7-2-1-4-20(24)8-11-34(25)28-30-26(21-5-3-6-23(36)18-21)29-27(31-28)33-14-12-32(13-15-33)22-9-16-37-17-10-22/h1-7,18,22,25,35-36H,8-17,19H2/t25-/m0/s1. The molecule has 2 N–H and O–H groups in total. The van der Waals surface area contributed by atoms with Gasteiger partial charge in [0.05, 0.1) is 12.6 Å². The first-order valence-corrected chi connectivity index (χ1v) is 13.3. The lowest BCUT2D eigenvalue weighted by Crippen LogP contribution is -2.52. The molecule has 0 aliphatic carbocycles. The van der Waals surface area contributed by atoms with Crippen molar-refractivity contribution in [2.24, 2.45) is 0 Å². The molecular formula is C28H34N6O3. The number of aromatic hydroxyl groups is 1. The van der Waals surface area contributed by atoms with E-state index in [0.29, 0.717) is 30.3 Å². The fraction of sp³-hybridized carbons (Fsp3) is 0.464. The molecule has 2 fully saturated rings. The van der Waals surface area contributed by atoms with Crippen LogP contribution >= 0.6 is 0 Å². The van der Waals surface area contributed by atoms with Gasteiger partial charge in [-0.05, 0) is 42.5 Å². The smallest absolute Gasteiger partial charge is 0.231 e. The third kappa shape index (κ3) is 4.99. The van der Waals surface area contributed by atoms with Crippen LogP contribution in [0, 0.1) is 0 Å². The number of ether oxygens (including phenoxy) is 1. The van der Waals surface area contributed by atoms with Crippen molar-refractivity contribution in [3.05, 3.63) is 59.7 Å². The van der Waals surface area contributed by atoms with Crippen molar-refractivity contribution in [2.45, 2.75) is 31.3 Å². The van der Waals surface area contributed by atoms with Crippen molar-refractivity contribution < 1.29 is 14.9 Å². The van der Waals surface area contributed by atoms with Gasteiger partial charge in [-0.25, -0.2) is 0 Å². The summed E-state index contributed by atoms with van der Waals surface area (Å²) in [5, 5.41) is 20.5. The van der Waals surface area contributed by atoms with E-state index in [2.05, 4.69) is 26.8 Å². The van der Waals surface area contributed by atoms with Gasteiger partial charge in [-0.2, -0.15) is 15.0 Å². The molecule has 4 heterocycles. The molecule has 2 aromatic carbocycles. The van der Waals surface area contributed by atoms with E-state index in [0.717, 1.165) is 69.8 Å². The summed E-state index contributed by atoms with van der Waals surface area (Å²) < 4.78 is 5.55. The molecule has 9 nitrogen and oxygen atoms in total. The van der Waals surface area contributed by atoms with Gasteiger partial charge in [0, 0.05) is 57.5 Å². The highest BCUT2D eigenvalue weighted by molar-refractivity contribution is 5.61. The number of phenolic OH excluding ortho intramolecular Hbond substituents is 1. The van der Waals surface area contributed by atoms with Gasteiger partial charge in [0.1, 0.15) is 5.75 Å². The Bertz CT molecular complexity index is 1230. The number of hydrogen-bond donors (Lipinski definition) is 2. The van der Waals surface area contributed by atoms with Crippen LogP contribution in [0.3, 0.4) is 0 Å². The molecule has 37 heavy (non-hydrogen) atoms. The molecule has 0 bridgehead atoms. The molecule has 0 amide bonds. The lowest BCUT2D eigenvalue weighted by Gasteiger charge is -2.41. The van der Waals surface area contributed by atoms with Crippen LogP contribution < -0.4 is 9.80 Å². The van der Waals surface area contributed by atoms with Crippen LogP contribution in [0.15, 0.2) is 48.5 Å². The monoisotopic (exact) mass is 502 g/mol. The first-order chi connectivity index (χ1) is 18.2. The number of anilines is 2. The summed E-state index contributed by atoms with van der Waals surface area (Å²) in [5.74, 6) is 1.90. The zero-order chi connectivity index (χ0) is 25.2. The van der Waals surface area contributed by atoms with Gasteiger partial charge in [0.2, 0.25) is 11.9 Å².